The number of likely N-dealkylation sites (tertiary alicyclic amines) is 1. The van der Waals surface area contributed by atoms with Crippen LogP contribution in [0.3, 0.4) is 0 Å². The Morgan fingerprint density at radius 1 is 1.14 bits per heavy atom. The van der Waals surface area contributed by atoms with Crippen molar-refractivity contribution in [3.05, 3.63) is 53.6 Å². The van der Waals surface area contributed by atoms with Crippen molar-refractivity contribution in [2.24, 2.45) is 5.92 Å². The molecule has 2 amide bonds. The van der Waals surface area contributed by atoms with Crippen molar-refractivity contribution in [2.75, 3.05) is 26.1 Å². The second kappa shape index (κ2) is 8.24. The summed E-state index contributed by atoms with van der Waals surface area (Å²) >= 11 is 0. The average molecular weight is 390 g/mol. The molecule has 148 valence electrons. The van der Waals surface area contributed by atoms with Crippen molar-refractivity contribution in [3.8, 4) is 11.5 Å². The minimum absolute atomic E-state index is 0.0187. The molecule has 0 radical (unpaired) electrons. The Kier molecular flexibility index (Phi) is 5.77. The Hall–Kier alpha value is -3.16. The lowest BCUT2D eigenvalue weighted by Crippen LogP contribution is -2.28. The Bertz CT molecular complexity index is 884. The summed E-state index contributed by atoms with van der Waals surface area (Å²) in [5.74, 6) is -2.10. The van der Waals surface area contributed by atoms with Gasteiger partial charge < -0.3 is 19.7 Å². The van der Waals surface area contributed by atoms with Gasteiger partial charge in [-0.25, -0.2) is 8.78 Å². The molecule has 3 rings (SSSR count). The highest BCUT2D eigenvalue weighted by molar-refractivity contribution is 5.97. The van der Waals surface area contributed by atoms with Crippen LogP contribution in [-0.2, 0) is 16.1 Å². The number of para-hydroxylation sites is 1. The standard InChI is InChI=1S/C20H20F2N2O4/c1-27-16-7-6-12(8-17(16)28-2)10-24-11-13(9-18(24)25)20(26)23-19-14(21)4-3-5-15(19)22/h3-8,13H,9-11H2,1-2H3,(H,23,26). The van der Waals surface area contributed by atoms with Gasteiger partial charge in [0, 0.05) is 19.5 Å². The van der Waals surface area contributed by atoms with E-state index in [1.54, 1.807) is 18.2 Å². The molecule has 1 atom stereocenters. The van der Waals surface area contributed by atoms with Gasteiger partial charge in [0.05, 0.1) is 20.1 Å². The molecule has 0 aromatic heterocycles. The van der Waals surface area contributed by atoms with Crippen LogP contribution in [0, 0.1) is 17.6 Å². The summed E-state index contributed by atoms with van der Waals surface area (Å²) in [5, 5.41) is 2.25. The Morgan fingerprint density at radius 2 is 1.82 bits per heavy atom. The molecular weight excluding hydrogens is 370 g/mol. The van der Waals surface area contributed by atoms with E-state index in [1.165, 1.54) is 25.2 Å². The highest BCUT2D eigenvalue weighted by atomic mass is 19.1. The maximum atomic E-state index is 13.7. The Morgan fingerprint density at radius 3 is 2.46 bits per heavy atom. The highest BCUT2D eigenvalue weighted by Crippen LogP contribution is 2.29. The number of amides is 2. The summed E-state index contributed by atoms with van der Waals surface area (Å²) in [5.41, 5.74) is 0.311. The van der Waals surface area contributed by atoms with Crippen molar-refractivity contribution >= 4 is 17.5 Å². The van der Waals surface area contributed by atoms with Gasteiger partial charge in [-0.1, -0.05) is 12.1 Å². The summed E-state index contributed by atoms with van der Waals surface area (Å²) in [7, 11) is 3.05. The molecule has 1 aliphatic rings. The molecule has 28 heavy (non-hydrogen) atoms. The average Bonchev–Trinajstić information content (AvgIpc) is 3.05. The Labute approximate surface area is 161 Å². The minimum Gasteiger partial charge on any atom is -0.493 e. The molecule has 1 unspecified atom stereocenters. The molecule has 8 heteroatoms. The number of hydrogen-bond donors (Lipinski definition) is 1. The third kappa shape index (κ3) is 4.05. The van der Waals surface area contributed by atoms with E-state index in [0.29, 0.717) is 11.5 Å². The van der Waals surface area contributed by atoms with Crippen LogP contribution in [0.5, 0.6) is 11.5 Å². The number of halogens is 2. The largest absolute Gasteiger partial charge is 0.493 e. The van der Waals surface area contributed by atoms with E-state index in [0.717, 1.165) is 17.7 Å². The maximum absolute atomic E-state index is 13.7. The van der Waals surface area contributed by atoms with Gasteiger partial charge in [-0.2, -0.15) is 0 Å². The smallest absolute Gasteiger partial charge is 0.229 e. The molecule has 2 aromatic carbocycles. The predicted octanol–water partition coefficient (Wildman–Crippen LogP) is 2.97. The van der Waals surface area contributed by atoms with Gasteiger partial charge in [0.1, 0.15) is 17.3 Å². The molecule has 0 spiro atoms. The zero-order valence-corrected chi connectivity index (χ0v) is 15.5. The summed E-state index contributed by atoms with van der Waals surface area (Å²) in [6.45, 7) is 0.451. The van der Waals surface area contributed by atoms with E-state index in [4.69, 9.17) is 9.47 Å². The SMILES string of the molecule is COc1ccc(CN2CC(C(=O)Nc3c(F)cccc3F)CC2=O)cc1OC. The first kappa shape index (κ1) is 19.6. The number of hydrogen-bond acceptors (Lipinski definition) is 4. The van der Waals surface area contributed by atoms with E-state index in [9.17, 15) is 18.4 Å². The summed E-state index contributed by atoms with van der Waals surface area (Å²) in [6, 6.07) is 8.62. The number of anilines is 1. The number of rotatable bonds is 6. The first-order chi connectivity index (χ1) is 13.4. The molecule has 1 saturated heterocycles. The van der Waals surface area contributed by atoms with Crippen molar-refractivity contribution in [1.29, 1.82) is 0 Å². The number of ether oxygens (including phenoxy) is 2. The van der Waals surface area contributed by atoms with E-state index >= 15 is 0 Å². The van der Waals surface area contributed by atoms with Crippen LogP contribution in [0.1, 0.15) is 12.0 Å². The van der Waals surface area contributed by atoms with Gasteiger partial charge in [-0.05, 0) is 29.8 Å². The number of methoxy groups -OCH3 is 2. The van der Waals surface area contributed by atoms with E-state index < -0.39 is 29.1 Å². The van der Waals surface area contributed by atoms with Gasteiger partial charge in [0.15, 0.2) is 11.5 Å². The summed E-state index contributed by atoms with van der Waals surface area (Å²) < 4.78 is 37.9. The predicted molar refractivity (Wildman–Crippen MR) is 98.1 cm³/mol. The van der Waals surface area contributed by atoms with Crippen LogP contribution in [0.4, 0.5) is 14.5 Å². The zero-order valence-electron chi connectivity index (χ0n) is 15.5. The molecule has 0 bridgehead atoms. The molecule has 2 aromatic rings. The van der Waals surface area contributed by atoms with Gasteiger partial charge in [-0.3, -0.25) is 9.59 Å². The van der Waals surface area contributed by atoms with Gasteiger partial charge in [-0.15, -0.1) is 0 Å². The summed E-state index contributed by atoms with van der Waals surface area (Å²) in [4.78, 5) is 26.2. The third-order valence-corrected chi connectivity index (χ3v) is 4.62. The topological polar surface area (TPSA) is 67.9 Å². The number of nitrogens with one attached hydrogen (secondary N) is 1. The number of benzene rings is 2. The molecular formula is C20H20F2N2O4. The molecule has 1 fully saturated rings. The fraction of sp³-hybridized carbons (Fsp3) is 0.300. The molecule has 1 heterocycles. The molecule has 1 aliphatic heterocycles. The minimum atomic E-state index is -0.861. The second-order valence-corrected chi connectivity index (χ2v) is 6.45. The second-order valence-electron chi connectivity index (χ2n) is 6.45. The van der Waals surface area contributed by atoms with Crippen molar-refractivity contribution in [2.45, 2.75) is 13.0 Å². The summed E-state index contributed by atoms with van der Waals surface area (Å²) in [6.07, 6.45) is -0.0187. The number of carbonyl (C=O) groups is 2. The highest BCUT2D eigenvalue weighted by Gasteiger charge is 2.35. The van der Waals surface area contributed by atoms with Crippen molar-refractivity contribution in [3.63, 3.8) is 0 Å². The van der Waals surface area contributed by atoms with Crippen LogP contribution in [0.15, 0.2) is 36.4 Å². The van der Waals surface area contributed by atoms with Gasteiger partial charge in [0.2, 0.25) is 11.8 Å². The maximum Gasteiger partial charge on any atom is 0.229 e. The molecule has 0 aliphatic carbocycles. The molecule has 0 saturated carbocycles. The van der Waals surface area contributed by atoms with Crippen molar-refractivity contribution in [1.82, 2.24) is 4.90 Å². The lowest BCUT2D eigenvalue weighted by atomic mass is 10.1. The molecule has 1 N–H and O–H groups in total. The first-order valence-electron chi connectivity index (χ1n) is 8.66. The van der Waals surface area contributed by atoms with Crippen LogP contribution in [0.2, 0.25) is 0 Å². The van der Waals surface area contributed by atoms with E-state index in [-0.39, 0.29) is 25.4 Å². The normalized spacial score (nSPS) is 16.2. The van der Waals surface area contributed by atoms with Gasteiger partial charge >= 0.3 is 0 Å². The molecule has 6 nitrogen and oxygen atoms in total. The quantitative estimate of drug-likeness (QED) is 0.824. The van der Waals surface area contributed by atoms with E-state index in [2.05, 4.69) is 5.32 Å². The number of nitrogens with zero attached hydrogens (tertiary/aromatic N) is 1. The lowest BCUT2D eigenvalue weighted by Gasteiger charge is -2.18. The fourth-order valence-electron chi connectivity index (χ4n) is 3.14. The van der Waals surface area contributed by atoms with Crippen LogP contribution < -0.4 is 14.8 Å². The fourth-order valence-corrected chi connectivity index (χ4v) is 3.14. The monoisotopic (exact) mass is 390 g/mol. The van der Waals surface area contributed by atoms with E-state index in [1.807, 2.05) is 0 Å². The van der Waals surface area contributed by atoms with Crippen LogP contribution >= 0.6 is 0 Å². The van der Waals surface area contributed by atoms with Crippen LogP contribution in [0.25, 0.3) is 0 Å². The Balaban J connectivity index is 1.67. The van der Waals surface area contributed by atoms with Crippen molar-refractivity contribution < 1.29 is 27.8 Å². The van der Waals surface area contributed by atoms with Crippen LogP contribution in [-0.4, -0.2) is 37.5 Å². The third-order valence-electron chi connectivity index (χ3n) is 4.62. The van der Waals surface area contributed by atoms with Gasteiger partial charge in [0.25, 0.3) is 0 Å². The zero-order chi connectivity index (χ0) is 20.3. The lowest BCUT2D eigenvalue weighted by molar-refractivity contribution is -0.128. The number of carbonyl (C=O) groups excluding carboxylic acids is 2. The first-order valence-corrected chi connectivity index (χ1v) is 8.66.